The monoisotopic (exact) mass is 266 g/mol. The Balaban J connectivity index is 1.86. The number of hydrogen-bond donors (Lipinski definition) is 1. The second-order valence-corrected chi connectivity index (χ2v) is 5.88. The number of nitrogens with zero attached hydrogens (tertiary/aromatic N) is 1. The van der Waals surface area contributed by atoms with Crippen LogP contribution in [0, 0.1) is 0 Å². The molecule has 0 spiro atoms. The van der Waals surface area contributed by atoms with Gasteiger partial charge in [0, 0.05) is 31.9 Å². The molecule has 1 aliphatic heterocycles. The number of rotatable bonds is 11. The third-order valence-corrected chi connectivity index (χ3v) is 4.13. The second-order valence-electron chi connectivity index (χ2n) is 5.88. The molecule has 1 saturated heterocycles. The summed E-state index contributed by atoms with van der Waals surface area (Å²) in [5.41, 5.74) is 1.37. The van der Waals surface area contributed by atoms with Crippen LogP contribution in [0.25, 0.3) is 0 Å². The highest BCUT2D eigenvalue weighted by atomic mass is 15.2. The zero-order valence-electron chi connectivity index (χ0n) is 13.1. The van der Waals surface area contributed by atoms with Crippen LogP contribution in [-0.4, -0.2) is 31.1 Å². The Hall–Kier alpha value is -0.500. The van der Waals surface area contributed by atoms with Crippen molar-refractivity contribution in [3.05, 3.63) is 12.3 Å². The summed E-state index contributed by atoms with van der Waals surface area (Å²) in [6, 6.07) is 0. The van der Waals surface area contributed by atoms with Crippen LogP contribution in [0.15, 0.2) is 12.3 Å². The zero-order valence-corrected chi connectivity index (χ0v) is 13.1. The Morgan fingerprint density at radius 2 is 1.42 bits per heavy atom. The zero-order chi connectivity index (χ0) is 13.8. The van der Waals surface area contributed by atoms with Crippen molar-refractivity contribution in [2.24, 2.45) is 0 Å². The maximum atomic E-state index is 4.24. The van der Waals surface area contributed by atoms with E-state index in [1.165, 1.54) is 69.9 Å². The highest BCUT2D eigenvalue weighted by molar-refractivity contribution is 4.95. The van der Waals surface area contributed by atoms with Gasteiger partial charge in [0.2, 0.25) is 0 Å². The summed E-state index contributed by atoms with van der Waals surface area (Å²) in [7, 11) is 0. The van der Waals surface area contributed by atoms with Crippen LogP contribution in [-0.2, 0) is 0 Å². The molecule has 2 heteroatoms. The van der Waals surface area contributed by atoms with Crippen molar-refractivity contribution in [1.82, 2.24) is 10.2 Å². The molecule has 0 aliphatic carbocycles. The minimum Gasteiger partial charge on any atom is -0.373 e. The number of allylic oxidation sites excluding steroid dienone is 1. The minimum atomic E-state index is 1.12. The first-order valence-corrected chi connectivity index (χ1v) is 8.48. The fourth-order valence-electron chi connectivity index (χ4n) is 2.78. The SMILES string of the molecule is C=C(CCCCCCCCCCC)N1CCNCC1. The molecule has 1 rings (SSSR count). The van der Waals surface area contributed by atoms with Crippen LogP contribution in [0.2, 0.25) is 0 Å². The summed E-state index contributed by atoms with van der Waals surface area (Å²) in [6.07, 6.45) is 13.9. The molecule has 0 atom stereocenters. The maximum absolute atomic E-state index is 4.24. The van der Waals surface area contributed by atoms with Crippen molar-refractivity contribution in [1.29, 1.82) is 0 Å². The van der Waals surface area contributed by atoms with Gasteiger partial charge >= 0.3 is 0 Å². The molecule has 19 heavy (non-hydrogen) atoms. The number of nitrogens with one attached hydrogen (secondary N) is 1. The van der Waals surface area contributed by atoms with Crippen LogP contribution >= 0.6 is 0 Å². The van der Waals surface area contributed by atoms with Crippen LogP contribution in [0.5, 0.6) is 0 Å². The van der Waals surface area contributed by atoms with E-state index in [2.05, 4.69) is 23.7 Å². The summed E-state index contributed by atoms with van der Waals surface area (Å²) in [5.74, 6) is 0. The Labute approximate surface area is 120 Å². The molecule has 1 aliphatic rings. The molecule has 0 radical (unpaired) electrons. The minimum absolute atomic E-state index is 1.12. The fourth-order valence-corrected chi connectivity index (χ4v) is 2.78. The first kappa shape index (κ1) is 16.6. The number of piperazine rings is 1. The van der Waals surface area contributed by atoms with Crippen molar-refractivity contribution >= 4 is 0 Å². The van der Waals surface area contributed by atoms with Crippen LogP contribution < -0.4 is 5.32 Å². The predicted octanol–water partition coefficient (Wildman–Crippen LogP) is 4.33. The van der Waals surface area contributed by atoms with E-state index in [1.54, 1.807) is 0 Å². The highest BCUT2D eigenvalue weighted by Crippen LogP contribution is 2.15. The topological polar surface area (TPSA) is 15.3 Å². The molecule has 1 N–H and O–H groups in total. The van der Waals surface area contributed by atoms with E-state index in [9.17, 15) is 0 Å². The maximum Gasteiger partial charge on any atom is 0.0300 e. The van der Waals surface area contributed by atoms with Gasteiger partial charge in [0.1, 0.15) is 0 Å². The third-order valence-electron chi connectivity index (χ3n) is 4.13. The summed E-state index contributed by atoms with van der Waals surface area (Å²) in [4.78, 5) is 2.46. The predicted molar refractivity (Wildman–Crippen MR) is 85.4 cm³/mol. The standard InChI is InChI=1S/C17H34N2/c1-3-4-5-6-7-8-9-10-11-12-17(2)19-15-13-18-14-16-19/h18H,2-16H2,1H3. The Bertz CT molecular complexity index is 219. The lowest BCUT2D eigenvalue weighted by Crippen LogP contribution is -2.42. The van der Waals surface area contributed by atoms with Gasteiger partial charge in [0.25, 0.3) is 0 Å². The van der Waals surface area contributed by atoms with Crippen molar-refractivity contribution in [2.75, 3.05) is 26.2 Å². The van der Waals surface area contributed by atoms with Crippen LogP contribution in [0.4, 0.5) is 0 Å². The van der Waals surface area contributed by atoms with Gasteiger partial charge in [-0.25, -0.2) is 0 Å². The molecule has 1 fully saturated rings. The number of unbranched alkanes of at least 4 members (excludes halogenated alkanes) is 8. The summed E-state index contributed by atoms with van der Waals surface area (Å²) < 4.78 is 0. The molecule has 1 heterocycles. The lowest BCUT2D eigenvalue weighted by atomic mass is 10.1. The largest absolute Gasteiger partial charge is 0.373 e. The molecular weight excluding hydrogens is 232 g/mol. The lowest BCUT2D eigenvalue weighted by Gasteiger charge is -2.31. The van der Waals surface area contributed by atoms with Gasteiger partial charge in [-0.05, 0) is 12.8 Å². The van der Waals surface area contributed by atoms with E-state index in [0.29, 0.717) is 0 Å². The Morgan fingerprint density at radius 3 is 2.00 bits per heavy atom. The smallest absolute Gasteiger partial charge is 0.0300 e. The molecule has 0 bridgehead atoms. The average molecular weight is 266 g/mol. The van der Waals surface area contributed by atoms with E-state index in [0.717, 1.165) is 26.2 Å². The highest BCUT2D eigenvalue weighted by Gasteiger charge is 2.10. The molecule has 0 aromatic rings. The van der Waals surface area contributed by atoms with E-state index >= 15 is 0 Å². The van der Waals surface area contributed by atoms with Crippen molar-refractivity contribution < 1.29 is 0 Å². The first-order valence-electron chi connectivity index (χ1n) is 8.48. The molecule has 2 nitrogen and oxygen atoms in total. The lowest BCUT2D eigenvalue weighted by molar-refractivity contribution is 0.289. The molecule has 0 aromatic heterocycles. The van der Waals surface area contributed by atoms with E-state index in [4.69, 9.17) is 0 Å². The Kier molecular flexibility index (Phi) is 9.88. The fraction of sp³-hybridized carbons (Fsp3) is 0.882. The van der Waals surface area contributed by atoms with Crippen LogP contribution in [0.3, 0.4) is 0 Å². The quantitative estimate of drug-likeness (QED) is 0.560. The van der Waals surface area contributed by atoms with Crippen molar-refractivity contribution in [3.8, 4) is 0 Å². The van der Waals surface area contributed by atoms with E-state index in [1.807, 2.05) is 0 Å². The van der Waals surface area contributed by atoms with Crippen molar-refractivity contribution in [3.63, 3.8) is 0 Å². The summed E-state index contributed by atoms with van der Waals surface area (Å²) >= 11 is 0. The van der Waals surface area contributed by atoms with E-state index < -0.39 is 0 Å². The van der Waals surface area contributed by atoms with Gasteiger partial charge in [-0.1, -0.05) is 64.9 Å². The van der Waals surface area contributed by atoms with Gasteiger partial charge in [-0.2, -0.15) is 0 Å². The van der Waals surface area contributed by atoms with Crippen LogP contribution in [0.1, 0.15) is 71.1 Å². The Morgan fingerprint density at radius 1 is 0.895 bits per heavy atom. The molecule has 0 unspecified atom stereocenters. The average Bonchev–Trinajstić information content (AvgIpc) is 2.46. The summed E-state index contributed by atoms with van der Waals surface area (Å²) in [5, 5.41) is 3.39. The van der Waals surface area contributed by atoms with Crippen molar-refractivity contribution in [2.45, 2.75) is 71.1 Å². The second kappa shape index (κ2) is 11.3. The van der Waals surface area contributed by atoms with Gasteiger partial charge in [-0.3, -0.25) is 0 Å². The van der Waals surface area contributed by atoms with Gasteiger partial charge < -0.3 is 10.2 Å². The van der Waals surface area contributed by atoms with Gasteiger partial charge in [-0.15, -0.1) is 0 Å². The molecule has 112 valence electrons. The number of hydrogen-bond acceptors (Lipinski definition) is 2. The van der Waals surface area contributed by atoms with Gasteiger partial charge in [0.05, 0.1) is 0 Å². The molecule has 0 aromatic carbocycles. The molecule has 0 saturated carbocycles. The normalized spacial score (nSPS) is 15.7. The molecule has 0 amide bonds. The van der Waals surface area contributed by atoms with E-state index in [-0.39, 0.29) is 0 Å². The molecular formula is C17H34N2. The van der Waals surface area contributed by atoms with Gasteiger partial charge in [0.15, 0.2) is 0 Å². The first-order chi connectivity index (χ1) is 9.34. The third kappa shape index (κ3) is 8.30. The summed E-state index contributed by atoms with van der Waals surface area (Å²) in [6.45, 7) is 11.1.